The van der Waals surface area contributed by atoms with Crippen molar-refractivity contribution >= 4 is 11.8 Å². The van der Waals surface area contributed by atoms with Gasteiger partial charge in [0.25, 0.3) is 0 Å². The maximum absolute atomic E-state index is 13.8. The minimum atomic E-state index is -0.877. The maximum Gasteiger partial charge on any atom is 0.335 e. The van der Waals surface area contributed by atoms with E-state index in [2.05, 4.69) is 18.7 Å². The summed E-state index contributed by atoms with van der Waals surface area (Å²) in [6.07, 6.45) is 6.71. The molecule has 0 radical (unpaired) electrons. The van der Waals surface area contributed by atoms with Gasteiger partial charge < -0.3 is 19.3 Å². The van der Waals surface area contributed by atoms with Gasteiger partial charge in [-0.15, -0.1) is 6.58 Å². The summed E-state index contributed by atoms with van der Waals surface area (Å²) >= 11 is 0. The number of carbonyl (C=O) groups excluding carboxylic acids is 2. The highest BCUT2D eigenvalue weighted by Gasteiger charge is 2.68. The summed E-state index contributed by atoms with van der Waals surface area (Å²) in [6.45, 7) is 11.5. The van der Waals surface area contributed by atoms with Gasteiger partial charge >= 0.3 is 5.97 Å². The number of rotatable bonds is 3. The molecular weight excluding hydrogens is 408 g/mol. The number of Topliss-reactive ketones (excluding diaryl/α,β-unsaturated/α-hetero) is 1. The number of hydrogen-bond acceptors (Lipinski definition) is 6. The molecule has 4 aliphatic rings. The van der Waals surface area contributed by atoms with Crippen molar-refractivity contribution in [2.45, 2.75) is 70.6 Å². The maximum atomic E-state index is 13.8. The van der Waals surface area contributed by atoms with E-state index >= 15 is 0 Å². The van der Waals surface area contributed by atoms with Crippen molar-refractivity contribution in [1.29, 1.82) is 0 Å². The fourth-order valence-corrected chi connectivity index (χ4v) is 6.66. The largest absolute Gasteiger partial charge is 0.458 e. The van der Waals surface area contributed by atoms with Gasteiger partial charge in [-0.3, -0.25) is 4.79 Å². The summed E-state index contributed by atoms with van der Waals surface area (Å²) in [5.74, 6) is -1.15. The standard InChI is InChI=1S/C26H36O6/c1-7-8-18-15(4)23(28)21-19-10-9-17-12-20(30-6)25(29)31-16(5)22(27)13(2)11-14(3)26(17,21)32-24(18)19/h7,9-11,13,15-22,24,27H,1,8,12H2,2-6H3/b14-11+/t13-,15-,16-,17-,18-,19-,20+,21+,22+,24+,26+/m1/s1. The number of ether oxygens (including phenoxy) is 3. The van der Waals surface area contributed by atoms with E-state index in [1.807, 2.05) is 32.9 Å². The fraction of sp³-hybridized carbons (Fsp3) is 0.692. The number of methoxy groups -OCH3 is 1. The highest BCUT2D eigenvalue weighted by Crippen LogP contribution is 2.61. The summed E-state index contributed by atoms with van der Waals surface area (Å²) in [6, 6.07) is 0. The van der Waals surface area contributed by atoms with Crippen LogP contribution in [-0.2, 0) is 23.8 Å². The van der Waals surface area contributed by atoms with Crippen LogP contribution in [0.25, 0.3) is 0 Å². The van der Waals surface area contributed by atoms with E-state index in [0.717, 1.165) is 12.0 Å². The number of cyclic esters (lactones) is 1. The Morgan fingerprint density at radius 1 is 1.28 bits per heavy atom. The molecule has 1 spiro atoms. The third-order valence-electron chi connectivity index (χ3n) is 8.40. The van der Waals surface area contributed by atoms with Gasteiger partial charge in [0, 0.05) is 30.8 Å². The Hall–Kier alpha value is -1.76. The Morgan fingerprint density at radius 2 is 2.00 bits per heavy atom. The van der Waals surface area contributed by atoms with Crippen LogP contribution in [0.15, 0.2) is 36.5 Å². The van der Waals surface area contributed by atoms with Crippen LogP contribution >= 0.6 is 0 Å². The van der Waals surface area contributed by atoms with Crippen LogP contribution in [0.2, 0.25) is 0 Å². The van der Waals surface area contributed by atoms with E-state index in [4.69, 9.17) is 14.2 Å². The molecule has 1 saturated heterocycles. The summed E-state index contributed by atoms with van der Waals surface area (Å²) in [7, 11) is 1.49. The molecule has 2 aliphatic carbocycles. The van der Waals surface area contributed by atoms with Crippen LogP contribution < -0.4 is 0 Å². The summed E-state index contributed by atoms with van der Waals surface area (Å²) in [4.78, 5) is 26.6. The Morgan fingerprint density at radius 3 is 2.66 bits per heavy atom. The normalized spacial score (nSPS) is 50.0. The molecule has 176 valence electrons. The third-order valence-corrected chi connectivity index (χ3v) is 8.40. The highest BCUT2D eigenvalue weighted by atomic mass is 16.6. The monoisotopic (exact) mass is 444 g/mol. The molecule has 6 heteroatoms. The van der Waals surface area contributed by atoms with Gasteiger partial charge in [-0.25, -0.2) is 4.79 Å². The Balaban J connectivity index is 1.87. The second-order valence-corrected chi connectivity index (χ2v) is 10.1. The Bertz CT molecular complexity index is 845. The van der Waals surface area contributed by atoms with Crippen molar-refractivity contribution in [3.63, 3.8) is 0 Å². The number of carbonyl (C=O) groups is 2. The van der Waals surface area contributed by atoms with Crippen LogP contribution in [0.5, 0.6) is 0 Å². The molecule has 0 aromatic heterocycles. The van der Waals surface area contributed by atoms with Crippen molar-refractivity contribution in [3.05, 3.63) is 36.5 Å². The zero-order valence-corrected chi connectivity index (χ0v) is 19.7. The number of aliphatic hydroxyl groups excluding tert-OH is 1. The van der Waals surface area contributed by atoms with E-state index < -0.39 is 29.9 Å². The van der Waals surface area contributed by atoms with Crippen LogP contribution in [0.3, 0.4) is 0 Å². The topological polar surface area (TPSA) is 82.1 Å². The van der Waals surface area contributed by atoms with E-state index in [9.17, 15) is 14.7 Å². The lowest BCUT2D eigenvalue weighted by atomic mass is 9.56. The quantitative estimate of drug-likeness (QED) is 0.532. The van der Waals surface area contributed by atoms with Gasteiger partial charge in [0.2, 0.25) is 0 Å². The number of hydrogen-bond donors (Lipinski definition) is 1. The van der Waals surface area contributed by atoms with Crippen LogP contribution in [-0.4, -0.2) is 54.0 Å². The van der Waals surface area contributed by atoms with Crippen molar-refractivity contribution < 1.29 is 28.9 Å². The van der Waals surface area contributed by atoms with Gasteiger partial charge in [0.15, 0.2) is 6.10 Å². The summed E-state index contributed by atoms with van der Waals surface area (Å²) in [5, 5.41) is 10.8. The zero-order valence-electron chi connectivity index (χ0n) is 19.7. The molecule has 0 aromatic rings. The highest BCUT2D eigenvalue weighted by molar-refractivity contribution is 5.88. The fourth-order valence-electron chi connectivity index (χ4n) is 6.66. The predicted molar refractivity (Wildman–Crippen MR) is 120 cm³/mol. The zero-order chi connectivity index (χ0) is 23.4. The molecule has 6 nitrogen and oxygen atoms in total. The number of allylic oxidation sites excluding steroid dienone is 1. The smallest absolute Gasteiger partial charge is 0.335 e. The third kappa shape index (κ3) is 3.34. The molecule has 0 amide bonds. The van der Waals surface area contributed by atoms with Gasteiger partial charge in [0.1, 0.15) is 17.5 Å². The molecule has 0 unspecified atom stereocenters. The van der Waals surface area contributed by atoms with Crippen molar-refractivity contribution in [3.8, 4) is 0 Å². The first-order valence-corrected chi connectivity index (χ1v) is 11.8. The van der Waals surface area contributed by atoms with Gasteiger partial charge in [-0.2, -0.15) is 0 Å². The molecule has 0 aromatic carbocycles. The van der Waals surface area contributed by atoms with Crippen LogP contribution in [0.1, 0.15) is 40.5 Å². The lowest BCUT2D eigenvalue weighted by molar-refractivity contribution is -0.168. The van der Waals surface area contributed by atoms with Gasteiger partial charge in [0.05, 0.1) is 18.1 Å². The molecule has 11 atom stereocenters. The molecule has 1 N–H and O–H groups in total. The van der Waals surface area contributed by atoms with E-state index in [-0.39, 0.29) is 47.4 Å². The second-order valence-electron chi connectivity index (χ2n) is 10.1. The van der Waals surface area contributed by atoms with Crippen LogP contribution in [0, 0.1) is 35.5 Å². The first-order valence-electron chi connectivity index (χ1n) is 11.8. The van der Waals surface area contributed by atoms with Crippen molar-refractivity contribution in [1.82, 2.24) is 0 Å². The molecule has 2 heterocycles. The van der Waals surface area contributed by atoms with Crippen molar-refractivity contribution in [2.24, 2.45) is 35.5 Å². The predicted octanol–water partition coefficient (Wildman–Crippen LogP) is 3.25. The van der Waals surface area contributed by atoms with Crippen molar-refractivity contribution in [2.75, 3.05) is 7.11 Å². The molecular formula is C26H36O6. The van der Waals surface area contributed by atoms with E-state index in [0.29, 0.717) is 6.42 Å². The molecule has 4 rings (SSSR count). The average Bonchev–Trinajstić information content (AvgIpc) is 2.95. The second kappa shape index (κ2) is 8.54. The molecule has 1 saturated carbocycles. The molecule has 4 bridgehead atoms. The minimum absolute atomic E-state index is 0.000442. The lowest BCUT2D eigenvalue weighted by Gasteiger charge is -2.45. The average molecular weight is 445 g/mol. The number of ketones is 1. The van der Waals surface area contributed by atoms with E-state index in [1.165, 1.54) is 7.11 Å². The molecule has 2 aliphatic heterocycles. The summed E-state index contributed by atoms with van der Waals surface area (Å²) in [5.41, 5.74) is 0.0800. The molecule has 2 fully saturated rings. The van der Waals surface area contributed by atoms with Crippen LogP contribution in [0.4, 0.5) is 0 Å². The lowest BCUT2D eigenvalue weighted by Crippen LogP contribution is -2.53. The van der Waals surface area contributed by atoms with Gasteiger partial charge in [-0.1, -0.05) is 38.2 Å². The number of esters is 1. The molecule has 32 heavy (non-hydrogen) atoms. The van der Waals surface area contributed by atoms with Gasteiger partial charge in [-0.05, 0) is 38.2 Å². The minimum Gasteiger partial charge on any atom is -0.458 e. The Labute approximate surface area is 190 Å². The summed E-state index contributed by atoms with van der Waals surface area (Å²) < 4.78 is 18.0. The Kier molecular flexibility index (Phi) is 6.25. The first kappa shape index (κ1) is 23.4. The number of aliphatic hydroxyl groups is 1. The van der Waals surface area contributed by atoms with E-state index in [1.54, 1.807) is 6.92 Å². The first-order chi connectivity index (χ1) is 15.2. The SMILES string of the molecule is C=CC[C@H]1[C@@H]2O[C@@]34/C(C)=C/[C@@H](C)[C@H](O)[C@@H](C)OC(=O)[C@@H](OC)C[C@H]3C=C[C@@H]2[C@H]4C(=O)[C@@H]1C.